The molecule has 0 aliphatic carbocycles. The van der Waals surface area contributed by atoms with E-state index in [4.69, 9.17) is 4.74 Å². The van der Waals surface area contributed by atoms with Crippen molar-refractivity contribution in [2.75, 3.05) is 19.7 Å². The molecular formula is C18H25N3O3. The van der Waals surface area contributed by atoms with Crippen molar-refractivity contribution in [2.24, 2.45) is 0 Å². The zero-order chi connectivity index (χ0) is 17.0. The van der Waals surface area contributed by atoms with Gasteiger partial charge in [-0.05, 0) is 19.4 Å². The first-order valence-electron chi connectivity index (χ1n) is 8.34. The van der Waals surface area contributed by atoms with Crippen LogP contribution in [0, 0.1) is 0 Å². The Morgan fingerprint density at radius 3 is 2.96 bits per heavy atom. The fourth-order valence-electron chi connectivity index (χ4n) is 2.92. The molecule has 6 nitrogen and oxygen atoms in total. The lowest BCUT2D eigenvalue weighted by Gasteiger charge is -2.40. The van der Waals surface area contributed by atoms with Crippen LogP contribution in [-0.4, -0.2) is 56.1 Å². The second kappa shape index (κ2) is 7.34. The fraction of sp³-hybridized carbons (Fsp3) is 0.500. The predicted octanol–water partition coefficient (Wildman–Crippen LogP) is 1.28. The Morgan fingerprint density at radius 2 is 2.21 bits per heavy atom. The Morgan fingerprint density at radius 1 is 1.38 bits per heavy atom. The number of ether oxygens (including phenoxy) is 1. The highest BCUT2D eigenvalue weighted by Crippen LogP contribution is 2.26. The van der Waals surface area contributed by atoms with Gasteiger partial charge in [-0.1, -0.05) is 18.2 Å². The Bertz CT molecular complexity index is 643. The van der Waals surface area contributed by atoms with Crippen LogP contribution in [0.25, 0.3) is 0 Å². The number of aliphatic hydroxyl groups excluding tert-OH is 1. The molecule has 3 rings (SSSR count). The van der Waals surface area contributed by atoms with Gasteiger partial charge >= 0.3 is 0 Å². The van der Waals surface area contributed by atoms with E-state index in [1.165, 1.54) is 0 Å². The first-order valence-corrected chi connectivity index (χ1v) is 8.34. The standard InChI is InChI=1S/C18H25N3O3/c1-18(23)6-8-21(13-17(18)22)12-15-4-2-3-5-16(15)24-11-10-20-9-7-19-14-20/h2-5,7,9,14,17,22-23H,6,8,10-13H2,1H3/t17-,18-/m0/s1. The average molecular weight is 331 g/mol. The summed E-state index contributed by atoms with van der Waals surface area (Å²) in [6, 6.07) is 7.98. The minimum atomic E-state index is -0.989. The van der Waals surface area contributed by atoms with Crippen molar-refractivity contribution in [2.45, 2.75) is 38.1 Å². The quantitative estimate of drug-likeness (QED) is 0.834. The summed E-state index contributed by atoms with van der Waals surface area (Å²) < 4.78 is 7.91. The van der Waals surface area contributed by atoms with Crippen molar-refractivity contribution < 1.29 is 14.9 Å². The van der Waals surface area contributed by atoms with Gasteiger partial charge in [0.25, 0.3) is 0 Å². The number of β-amino-alcohol motifs (C(OH)–C–C–N with tert-alkyl or cyclic N) is 1. The summed E-state index contributed by atoms with van der Waals surface area (Å²) in [5, 5.41) is 20.1. The maximum atomic E-state index is 10.1. The molecule has 1 aromatic heterocycles. The molecule has 0 unspecified atom stereocenters. The topological polar surface area (TPSA) is 70.8 Å². The first kappa shape index (κ1) is 17.0. The van der Waals surface area contributed by atoms with Crippen molar-refractivity contribution in [1.29, 1.82) is 0 Å². The molecule has 2 atom stereocenters. The highest BCUT2D eigenvalue weighted by molar-refractivity contribution is 5.33. The van der Waals surface area contributed by atoms with E-state index in [9.17, 15) is 10.2 Å². The number of para-hydroxylation sites is 1. The number of rotatable bonds is 6. The number of likely N-dealkylation sites (tertiary alicyclic amines) is 1. The molecule has 2 N–H and O–H groups in total. The number of benzene rings is 1. The highest BCUT2D eigenvalue weighted by Gasteiger charge is 2.36. The SMILES string of the molecule is C[C@]1(O)CCN(Cc2ccccc2OCCn2ccnc2)C[C@@H]1O. The Hall–Kier alpha value is -1.89. The normalized spacial score (nSPS) is 24.9. The molecule has 1 fully saturated rings. The summed E-state index contributed by atoms with van der Waals surface area (Å²) >= 11 is 0. The molecule has 2 aromatic rings. The van der Waals surface area contributed by atoms with Crippen molar-refractivity contribution in [3.8, 4) is 5.75 Å². The van der Waals surface area contributed by atoms with Crippen LogP contribution in [0.5, 0.6) is 5.75 Å². The van der Waals surface area contributed by atoms with Gasteiger partial charge in [0.1, 0.15) is 12.4 Å². The van der Waals surface area contributed by atoms with Crippen molar-refractivity contribution in [3.05, 3.63) is 48.5 Å². The summed E-state index contributed by atoms with van der Waals surface area (Å²) in [4.78, 5) is 6.17. The number of nitrogens with zero attached hydrogens (tertiary/aromatic N) is 3. The maximum Gasteiger partial charge on any atom is 0.123 e. The number of aliphatic hydroxyl groups is 2. The van der Waals surface area contributed by atoms with Gasteiger partial charge in [-0.25, -0.2) is 4.98 Å². The molecule has 1 aliphatic rings. The molecule has 1 aliphatic heterocycles. The van der Waals surface area contributed by atoms with Crippen LogP contribution in [-0.2, 0) is 13.1 Å². The van der Waals surface area contributed by atoms with Gasteiger partial charge in [0, 0.05) is 37.6 Å². The van der Waals surface area contributed by atoms with Gasteiger partial charge < -0.3 is 19.5 Å². The van der Waals surface area contributed by atoms with E-state index in [0.29, 0.717) is 26.1 Å². The monoisotopic (exact) mass is 331 g/mol. The summed E-state index contributed by atoms with van der Waals surface area (Å²) in [5.74, 6) is 0.865. The summed E-state index contributed by atoms with van der Waals surface area (Å²) in [6.45, 7) is 4.95. The van der Waals surface area contributed by atoms with E-state index in [-0.39, 0.29) is 0 Å². The van der Waals surface area contributed by atoms with Gasteiger partial charge in [-0.3, -0.25) is 4.90 Å². The highest BCUT2D eigenvalue weighted by atomic mass is 16.5. The van der Waals surface area contributed by atoms with Crippen LogP contribution in [0.1, 0.15) is 18.9 Å². The molecule has 24 heavy (non-hydrogen) atoms. The number of hydrogen-bond donors (Lipinski definition) is 2. The van der Waals surface area contributed by atoms with Gasteiger partial charge in [0.15, 0.2) is 0 Å². The summed E-state index contributed by atoms with van der Waals surface area (Å²) in [5.41, 5.74) is 0.106. The van der Waals surface area contributed by atoms with Gasteiger partial charge in [-0.2, -0.15) is 0 Å². The molecule has 1 aromatic carbocycles. The van der Waals surface area contributed by atoms with E-state index in [1.807, 2.05) is 35.0 Å². The summed E-state index contributed by atoms with van der Waals surface area (Å²) in [7, 11) is 0. The fourth-order valence-corrected chi connectivity index (χ4v) is 2.92. The summed E-state index contributed by atoms with van der Waals surface area (Å²) in [6.07, 6.45) is 5.29. The minimum Gasteiger partial charge on any atom is -0.491 e. The van der Waals surface area contributed by atoms with Crippen molar-refractivity contribution in [1.82, 2.24) is 14.5 Å². The Labute approximate surface area is 142 Å². The van der Waals surface area contributed by atoms with Gasteiger partial charge in [-0.15, -0.1) is 0 Å². The molecule has 1 saturated heterocycles. The molecule has 0 bridgehead atoms. The lowest BCUT2D eigenvalue weighted by Crippen LogP contribution is -2.53. The average Bonchev–Trinajstić information content (AvgIpc) is 3.06. The van der Waals surface area contributed by atoms with Crippen molar-refractivity contribution in [3.63, 3.8) is 0 Å². The second-order valence-electron chi connectivity index (χ2n) is 6.61. The number of hydrogen-bond acceptors (Lipinski definition) is 5. The smallest absolute Gasteiger partial charge is 0.123 e. The third-order valence-corrected chi connectivity index (χ3v) is 4.62. The molecule has 2 heterocycles. The van der Waals surface area contributed by atoms with E-state index in [1.54, 1.807) is 19.4 Å². The molecule has 0 amide bonds. The Balaban J connectivity index is 1.58. The minimum absolute atomic E-state index is 0.469. The van der Waals surface area contributed by atoms with E-state index in [2.05, 4.69) is 9.88 Å². The number of aromatic nitrogens is 2. The van der Waals surface area contributed by atoms with Gasteiger partial charge in [0.05, 0.1) is 24.6 Å². The van der Waals surface area contributed by atoms with Crippen LogP contribution in [0.4, 0.5) is 0 Å². The zero-order valence-electron chi connectivity index (χ0n) is 14.0. The predicted molar refractivity (Wildman–Crippen MR) is 90.7 cm³/mol. The second-order valence-corrected chi connectivity index (χ2v) is 6.61. The molecule has 0 radical (unpaired) electrons. The van der Waals surface area contributed by atoms with E-state index in [0.717, 1.165) is 24.4 Å². The molecule has 0 spiro atoms. The Kier molecular flexibility index (Phi) is 5.18. The van der Waals surface area contributed by atoms with Crippen molar-refractivity contribution >= 4 is 0 Å². The molecule has 130 valence electrons. The first-order chi connectivity index (χ1) is 11.5. The van der Waals surface area contributed by atoms with Gasteiger partial charge in [0.2, 0.25) is 0 Å². The molecular weight excluding hydrogens is 306 g/mol. The van der Waals surface area contributed by atoms with Crippen LogP contribution in [0.15, 0.2) is 43.0 Å². The van der Waals surface area contributed by atoms with E-state index < -0.39 is 11.7 Å². The number of piperidine rings is 1. The van der Waals surface area contributed by atoms with E-state index >= 15 is 0 Å². The van der Waals surface area contributed by atoms with Crippen LogP contribution >= 0.6 is 0 Å². The largest absolute Gasteiger partial charge is 0.491 e. The lowest BCUT2D eigenvalue weighted by molar-refractivity contribution is -0.108. The number of imidazole rings is 1. The van der Waals surface area contributed by atoms with Crippen LogP contribution in [0.3, 0.4) is 0 Å². The molecule has 0 saturated carbocycles. The third kappa shape index (κ3) is 4.14. The third-order valence-electron chi connectivity index (χ3n) is 4.62. The maximum absolute atomic E-state index is 10.1. The molecule has 6 heteroatoms. The van der Waals surface area contributed by atoms with Crippen LogP contribution < -0.4 is 4.74 Å². The van der Waals surface area contributed by atoms with Crippen LogP contribution in [0.2, 0.25) is 0 Å². The zero-order valence-corrected chi connectivity index (χ0v) is 14.0. The lowest BCUT2D eigenvalue weighted by atomic mass is 9.90.